The highest BCUT2D eigenvalue weighted by Crippen LogP contribution is 2.30. The normalized spacial score (nSPS) is 21.2. The van der Waals surface area contributed by atoms with Crippen molar-refractivity contribution in [1.29, 1.82) is 0 Å². The van der Waals surface area contributed by atoms with Crippen molar-refractivity contribution in [2.75, 3.05) is 11.9 Å². The molecule has 2 fully saturated rings. The Bertz CT molecular complexity index is 723. The number of likely N-dealkylation sites (tertiary alicyclic amines) is 1. The van der Waals surface area contributed by atoms with E-state index in [1.807, 2.05) is 29.2 Å². The van der Waals surface area contributed by atoms with Crippen LogP contribution in [0.3, 0.4) is 0 Å². The Balaban J connectivity index is 1.50. The lowest BCUT2D eigenvalue weighted by atomic mass is 10.0. The predicted octanol–water partition coefficient (Wildman–Crippen LogP) is 3.47. The second-order valence-electron chi connectivity index (χ2n) is 8.23. The van der Waals surface area contributed by atoms with Gasteiger partial charge >= 0.3 is 5.97 Å². The zero-order chi connectivity index (χ0) is 20.3. The minimum absolute atomic E-state index is 0.0243. The predicted molar refractivity (Wildman–Crippen MR) is 107 cm³/mol. The molecule has 28 heavy (non-hydrogen) atoms. The van der Waals surface area contributed by atoms with Crippen LogP contribution in [0.25, 0.3) is 0 Å². The first-order chi connectivity index (χ1) is 13.3. The largest absolute Gasteiger partial charge is 0.452 e. The fourth-order valence-corrected chi connectivity index (χ4v) is 3.98. The van der Waals surface area contributed by atoms with Crippen LogP contribution in [-0.4, -0.2) is 41.4 Å². The van der Waals surface area contributed by atoms with E-state index in [1.54, 1.807) is 6.92 Å². The Morgan fingerprint density at radius 1 is 1.11 bits per heavy atom. The van der Waals surface area contributed by atoms with Crippen molar-refractivity contribution in [3.8, 4) is 0 Å². The molecule has 2 amide bonds. The van der Waals surface area contributed by atoms with Crippen LogP contribution in [-0.2, 0) is 19.1 Å². The van der Waals surface area contributed by atoms with Gasteiger partial charge in [0.15, 0.2) is 6.10 Å². The van der Waals surface area contributed by atoms with E-state index >= 15 is 0 Å². The van der Waals surface area contributed by atoms with Crippen LogP contribution in [0.2, 0.25) is 0 Å². The third-order valence-electron chi connectivity index (χ3n) is 5.76. The van der Waals surface area contributed by atoms with Gasteiger partial charge < -0.3 is 15.0 Å². The zero-order valence-electron chi connectivity index (χ0n) is 16.9. The van der Waals surface area contributed by atoms with E-state index in [-0.39, 0.29) is 24.3 Å². The molecule has 1 aliphatic heterocycles. The Hall–Kier alpha value is -2.37. The number of carbonyl (C=O) groups excluding carboxylic acids is 3. The number of anilines is 1. The molecule has 0 spiro atoms. The van der Waals surface area contributed by atoms with Gasteiger partial charge in [-0.1, -0.05) is 38.8 Å². The molecule has 0 aromatic heterocycles. The Morgan fingerprint density at radius 3 is 2.36 bits per heavy atom. The molecule has 1 saturated carbocycles. The highest BCUT2D eigenvalue weighted by atomic mass is 16.5. The van der Waals surface area contributed by atoms with Gasteiger partial charge in [-0.2, -0.15) is 0 Å². The van der Waals surface area contributed by atoms with E-state index in [9.17, 15) is 14.4 Å². The van der Waals surface area contributed by atoms with E-state index in [1.165, 1.54) is 5.56 Å². The molecule has 1 aromatic carbocycles. The van der Waals surface area contributed by atoms with Gasteiger partial charge in [0.05, 0.1) is 5.92 Å². The molecule has 0 bridgehead atoms. The first-order valence-corrected chi connectivity index (χ1v) is 10.3. The molecule has 1 aliphatic carbocycles. The summed E-state index contributed by atoms with van der Waals surface area (Å²) in [7, 11) is 0. The number of nitrogens with zero attached hydrogens (tertiary/aromatic N) is 1. The summed E-state index contributed by atoms with van der Waals surface area (Å²) in [6.45, 7) is 6.18. The van der Waals surface area contributed by atoms with Gasteiger partial charge in [0.25, 0.3) is 5.91 Å². The summed E-state index contributed by atoms with van der Waals surface area (Å²) >= 11 is 0. The van der Waals surface area contributed by atoms with Crippen LogP contribution in [0.1, 0.15) is 64.4 Å². The van der Waals surface area contributed by atoms with Gasteiger partial charge in [-0.25, -0.2) is 0 Å². The standard InChI is InChI=1S/C22H30N2O4/c1-14(2)16-8-10-18(11-9-16)23-21(26)15(3)28-22(27)17-12-20(25)24(13-17)19-6-4-5-7-19/h8-11,14-15,17,19H,4-7,12-13H2,1-3H3,(H,23,26)/t15-,17-/m0/s1. The Kier molecular flexibility index (Phi) is 6.37. The third kappa shape index (κ3) is 4.72. The maximum Gasteiger partial charge on any atom is 0.312 e. The van der Waals surface area contributed by atoms with Crippen LogP contribution >= 0.6 is 0 Å². The zero-order valence-corrected chi connectivity index (χ0v) is 16.9. The molecule has 1 saturated heterocycles. The van der Waals surface area contributed by atoms with Crippen LogP contribution in [0.4, 0.5) is 5.69 Å². The first kappa shape index (κ1) is 20.4. The van der Waals surface area contributed by atoms with Crippen molar-refractivity contribution >= 4 is 23.5 Å². The molecule has 1 aromatic rings. The summed E-state index contributed by atoms with van der Waals surface area (Å²) < 4.78 is 5.36. The minimum Gasteiger partial charge on any atom is -0.452 e. The highest BCUT2D eigenvalue weighted by Gasteiger charge is 2.40. The summed E-state index contributed by atoms with van der Waals surface area (Å²) in [5, 5.41) is 2.77. The summed E-state index contributed by atoms with van der Waals surface area (Å²) in [4.78, 5) is 38.9. The molecule has 0 radical (unpaired) electrons. The summed E-state index contributed by atoms with van der Waals surface area (Å²) in [5.41, 5.74) is 1.86. The van der Waals surface area contributed by atoms with Crippen molar-refractivity contribution in [1.82, 2.24) is 4.90 Å². The van der Waals surface area contributed by atoms with E-state index in [4.69, 9.17) is 4.74 Å². The van der Waals surface area contributed by atoms with Crippen molar-refractivity contribution in [3.05, 3.63) is 29.8 Å². The third-order valence-corrected chi connectivity index (χ3v) is 5.76. The van der Waals surface area contributed by atoms with Gasteiger partial charge in [-0.3, -0.25) is 14.4 Å². The average molecular weight is 386 g/mol. The van der Waals surface area contributed by atoms with Gasteiger partial charge in [0.1, 0.15) is 0 Å². The van der Waals surface area contributed by atoms with Crippen molar-refractivity contribution in [3.63, 3.8) is 0 Å². The molecule has 0 unspecified atom stereocenters. The molecular formula is C22H30N2O4. The number of esters is 1. The fraction of sp³-hybridized carbons (Fsp3) is 0.591. The Morgan fingerprint density at radius 2 is 1.75 bits per heavy atom. The molecule has 2 atom stereocenters. The number of carbonyl (C=O) groups is 3. The van der Waals surface area contributed by atoms with Gasteiger partial charge in [-0.05, 0) is 43.4 Å². The molecule has 2 aliphatic rings. The molecule has 152 valence electrons. The van der Waals surface area contributed by atoms with Crippen LogP contribution in [0, 0.1) is 5.92 Å². The lowest BCUT2D eigenvalue weighted by Gasteiger charge is -2.24. The lowest BCUT2D eigenvalue weighted by Crippen LogP contribution is -2.36. The van der Waals surface area contributed by atoms with Crippen molar-refractivity contribution < 1.29 is 19.1 Å². The smallest absolute Gasteiger partial charge is 0.312 e. The van der Waals surface area contributed by atoms with E-state index in [0.717, 1.165) is 25.7 Å². The quantitative estimate of drug-likeness (QED) is 0.760. The first-order valence-electron chi connectivity index (χ1n) is 10.3. The summed E-state index contributed by atoms with van der Waals surface area (Å²) in [6, 6.07) is 7.89. The van der Waals surface area contributed by atoms with Gasteiger partial charge in [-0.15, -0.1) is 0 Å². The number of nitrogens with one attached hydrogen (secondary N) is 1. The summed E-state index contributed by atoms with van der Waals surface area (Å²) in [6.07, 6.45) is 3.58. The SMILES string of the molecule is CC(C)c1ccc(NC(=O)[C@H](C)OC(=O)[C@H]2CC(=O)N(C3CCCC3)C2)cc1. The number of benzene rings is 1. The van der Waals surface area contributed by atoms with E-state index in [2.05, 4.69) is 19.2 Å². The van der Waals surface area contributed by atoms with Gasteiger partial charge in [0.2, 0.25) is 5.91 Å². The van der Waals surface area contributed by atoms with Crippen LogP contribution in [0.5, 0.6) is 0 Å². The fourth-order valence-electron chi connectivity index (χ4n) is 3.98. The van der Waals surface area contributed by atoms with Crippen LogP contribution < -0.4 is 5.32 Å². The second-order valence-corrected chi connectivity index (χ2v) is 8.23. The highest BCUT2D eigenvalue weighted by molar-refractivity contribution is 5.95. The number of rotatable bonds is 6. The number of hydrogen-bond acceptors (Lipinski definition) is 4. The van der Waals surface area contributed by atoms with Crippen molar-refractivity contribution in [2.45, 2.75) is 70.9 Å². The topological polar surface area (TPSA) is 75.7 Å². The Labute approximate surface area is 166 Å². The van der Waals surface area contributed by atoms with Crippen LogP contribution in [0.15, 0.2) is 24.3 Å². The number of ether oxygens (including phenoxy) is 1. The maximum atomic E-state index is 12.5. The minimum atomic E-state index is -0.909. The molecular weight excluding hydrogens is 356 g/mol. The van der Waals surface area contributed by atoms with E-state index in [0.29, 0.717) is 18.2 Å². The van der Waals surface area contributed by atoms with E-state index < -0.39 is 18.0 Å². The maximum absolute atomic E-state index is 12.5. The molecule has 1 N–H and O–H groups in total. The monoisotopic (exact) mass is 386 g/mol. The molecule has 1 heterocycles. The van der Waals surface area contributed by atoms with Crippen molar-refractivity contribution in [2.24, 2.45) is 5.92 Å². The number of amides is 2. The summed E-state index contributed by atoms with van der Waals surface area (Å²) in [5.74, 6) is -0.873. The molecule has 6 heteroatoms. The molecule has 3 rings (SSSR count). The average Bonchev–Trinajstić information content (AvgIpc) is 3.31. The number of hydrogen-bond donors (Lipinski definition) is 1. The second kappa shape index (κ2) is 8.76. The van der Waals surface area contributed by atoms with Gasteiger partial charge in [0, 0.05) is 24.7 Å². The lowest BCUT2D eigenvalue weighted by molar-refractivity contribution is -0.157. The molecule has 6 nitrogen and oxygen atoms in total.